The molecule has 112 valence electrons. The van der Waals surface area contributed by atoms with Gasteiger partial charge in [0.05, 0.1) is 0 Å². The predicted octanol–water partition coefficient (Wildman–Crippen LogP) is 4.26. The van der Waals surface area contributed by atoms with E-state index in [1.165, 1.54) is 55.3 Å². The molecule has 1 fully saturated rings. The van der Waals surface area contributed by atoms with Gasteiger partial charge in [-0.15, -0.1) is 0 Å². The van der Waals surface area contributed by atoms with Crippen molar-refractivity contribution in [3.8, 4) is 0 Å². The zero-order valence-corrected chi connectivity index (χ0v) is 13.4. The summed E-state index contributed by atoms with van der Waals surface area (Å²) in [5, 5.41) is 3.40. The van der Waals surface area contributed by atoms with E-state index in [1.54, 1.807) is 0 Å². The van der Waals surface area contributed by atoms with Gasteiger partial charge < -0.3 is 10.2 Å². The predicted molar refractivity (Wildman–Crippen MR) is 88.5 cm³/mol. The summed E-state index contributed by atoms with van der Waals surface area (Å²) >= 11 is 0. The molecule has 0 aliphatic heterocycles. The molecule has 0 spiro atoms. The van der Waals surface area contributed by atoms with Gasteiger partial charge in [0, 0.05) is 25.3 Å². The van der Waals surface area contributed by atoms with Crippen LogP contribution in [0, 0.1) is 6.92 Å². The van der Waals surface area contributed by atoms with Crippen LogP contribution in [0.25, 0.3) is 0 Å². The molecule has 1 aliphatic rings. The molecular formula is C18H30N2. The lowest BCUT2D eigenvalue weighted by Crippen LogP contribution is -2.31. The normalized spacial score (nSPS) is 16.9. The van der Waals surface area contributed by atoms with Gasteiger partial charge in [0.25, 0.3) is 0 Å². The number of nitrogens with one attached hydrogen (secondary N) is 1. The van der Waals surface area contributed by atoms with E-state index in [2.05, 4.69) is 49.3 Å². The number of benzene rings is 1. The number of anilines is 1. The highest BCUT2D eigenvalue weighted by Gasteiger charge is 2.18. The Bertz CT molecular complexity index is 406. The molecular weight excluding hydrogens is 244 g/mol. The summed E-state index contributed by atoms with van der Waals surface area (Å²) in [6.07, 6.45) is 8.35. The first kappa shape index (κ1) is 15.4. The van der Waals surface area contributed by atoms with E-state index in [9.17, 15) is 0 Å². The monoisotopic (exact) mass is 274 g/mol. The van der Waals surface area contributed by atoms with Gasteiger partial charge >= 0.3 is 0 Å². The number of rotatable bonds is 5. The Labute approximate surface area is 124 Å². The zero-order valence-electron chi connectivity index (χ0n) is 13.4. The molecule has 1 aromatic rings. The summed E-state index contributed by atoms with van der Waals surface area (Å²) < 4.78 is 0. The third-order valence-corrected chi connectivity index (χ3v) is 4.59. The van der Waals surface area contributed by atoms with Crippen molar-refractivity contribution in [2.75, 3.05) is 18.5 Å². The second-order valence-corrected chi connectivity index (χ2v) is 6.16. The fraction of sp³-hybridized carbons (Fsp3) is 0.667. The van der Waals surface area contributed by atoms with Crippen LogP contribution < -0.4 is 10.2 Å². The third-order valence-electron chi connectivity index (χ3n) is 4.59. The molecule has 0 atom stereocenters. The summed E-state index contributed by atoms with van der Waals surface area (Å²) in [6, 6.07) is 7.66. The lowest BCUT2D eigenvalue weighted by Gasteiger charge is -2.31. The van der Waals surface area contributed by atoms with Gasteiger partial charge in [-0.3, -0.25) is 0 Å². The second kappa shape index (κ2) is 7.68. The molecule has 0 amide bonds. The van der Waals surface area contributed by atoms with Crippen molar-refractivity contribution in [3.63, 3.8) is 0 Å². The van der Waals surface area contributed by atoms with Crippen LogP contribution in [-0.4, -0.2) is 19.6 Å². The van der Waals surface area contributed by atoms with Crippen LogP contribution in [0.1, 0.15) is 56.6 Å². The maximum absolute atomic E-state index is 3.40. The van der Waals surface area contributed by atoms with E-state index in [-0.39, 0.29) is 0 Å². The Hall–Kier alpha value is -1.02. The van der Waals surface area contributed by atoms with Crippen LogP contribution in [0.15, 0.2) is 18.2 Å². The van der Waals surface area contributed by atoms with E-state index in [0.29, 0.717) is 0 Å². The van der Waals surface area contributed by atoms with Gasteiger partial charge in [-0.25, -0.2) is 0 Å². The highest BCUT2D eigenvalue weighted by Crippen LogP contribution is 2.28. The maximum atomic E-state index is 3.40. The highest BCUT2D eigenvalue weighted by molar-refractivity contribution is 5.54. The molecule has 0 aromatic heterocycles. The van der Waals surface area contributed by atoms with E-state index in [4.69, 9.17) is 0 Å². The Morgan fingerprint density at radius 2 is 1.85 bits per heavy atom. The zero-order chi connectivity index (χ0) is 14.4. The van der Waals surface area contributed by atoms with Crippen molar-refractivity contribution in [1.29, 1.82) is 0 Å². The van der Waals surface area contributed by atoms with Crippen LogP contribution in [0.5, 0.6) is 0 Å². The SMILES string of the molecule is CCNCc1ccc(N(C)C2CCCCCC2)c(C)c1. The van der Waals surface area contributed by atoms with E-state index < -0.39 is 0 Å². The second-order valence-electron chi connectivity index (χ2n) is 6.16. The van der Waals surface area contributed by atoms with E-state index >= 15 is 0 Å². The first-order valence-corrected chi connectivity index (χ1v) is 8.25. The van der Waals surface area contributed by atoms with Gasteiger partial charge in [0.1, 0.15) is 0 Å². The average Bonchev–Trinajstić information content (AvgIpc) is 2.73. The summed E-state index contributed by atoms with van der Waals surface area (Å²) in [4.78, 5) is 2.53. The van der Waals surface area contributed by atoms with Gasteiger partial charge in [0.2, 0.25) is 0 Å². The minimum absolute atomic E-state index is 0.732. The number of hydrogen-bond acceptors (Lipinski definition) is 2. The molecule has 1 aliphatic carbocycles. The topological polar surface area (TPSA) is 15.3 Å². The Morgan fingerprint density at radius 3 is 2.45 bits per heavy atom. The van der Waals surface area contributed by atoms with E-state index in [0.717, 1.165) is 19.1 Å². The van der Waals surface area contributed by atoms with Crippen molar-refractivity contribution >= 4 is 5.69 Å². The Morgan fingerprint density at radius 1 is 1.15 bits per heavy atom. The minimum Gasteiger partial charge on any atom is -0.371 e. The van der Waals surface area contributed by atoms with Crippen molar-refractivity contribution in [3.05, 3.63) is 29.3 Å². The molecule has 0 heterocycles. The highest BCUT2D eigenvalue weighted by atomic mass is 15.1. The number of aryl methyl sites for hydroxylation is 1. The molecule has 2 nitrogen and oxygen atoms in total. The first-order valence-electron chi connectivity index (χ1n) is 8.25. The quantitative estimate of drug-likeness (QED) is 0.807. The maximum Gasteiger partial charge on any atom is 0.0396 e. The fourth-order valence-electron chi connectivity index (χ4n) is 3.33. The third kappa shape index (κ3) is 3.99. The van der Waals surface area contributed by atoms with Gasteiger partial charge in [0.15, 0.2) is 0 Å². The summed E-state index contributed by atoms with van der Waals surface area (Å²) in [5.41, 5.74) is 4.21. The van der Waals surface area contributed by atoms with Crippen molar-refractivity contribution < 1.29 is 0 Å². The summed E-state index contributed by atoms with van der Waals surface area (Å²) in [6.45, 7) is 6.41. The molecule has 1 N–H and O–H groups in total. The van der Waals surface area contributed by atoms with Gasteiger partial charge in [-0.1, -0.05) is 44.7 Å². The first-order chi connectivity index (χ1) is 9.72. The molecule has 2 rings (SSSR count). The Balaban J connectivity index is 2.06. The molecule has 20 heavy (non-hydrogen) atoms. The van der Waals surface area contributed by atoms with Crippen molar-refractivity contribution in [2.45, 2.75) is 65.0 Å². The van der Waals surface area contributed by atoms with Crippen LogP contribution >= 0.6 is 0 Å². The molecule has 2 heteroatoms. The van der Waals surface area contributed by atoms with Crippen molar-refractivity contribution in [1.82, 2.24) is 5.32 Å². The van der Waals surface area contributed by atoms with E-state index in [1.807, 2.05) is 0 Å². The smallest absolute Gasteiger partial charge is 0.0396 e. The molecule has 0 saturated heterocycles. The largest absolute Gasteiger partial charge is 0.371 e. The molecule has 0 unspecified atom stereocenters. The minimum atomic E-state index is 0.732. The van der Waals surface area contributed by atoms with Crippen LogP contribution in [0.2, 0.25) is 0 Å². The fourth-order valence-corrected chi connectivity index (χ4v) is 3.33. The molecule has 1 aromatic carbocycles. The Kier molecular flexibility index (Phi) is 5.90. The number of nitrogens with zero attached hydrogens (tertiary/aromatic N) is 1. The van der Waals surface area contributed by atoms with Crippen LogP contribution in [-0.2, 0) is 6.54 Å². The van der Waals surface area contributed by atoms with Crippen LogP contribution in [0.4, 0.5) is 5.69 Å². The number of hydrogen-bond donors (Lipinski definition) is 1. The summed E-state index contributed by atoms with van der Waals surface area (Å²) in [5.74, 6) is 0. The molecule has 0 radical (unpaired) electrons. The lowest BCUT2D eigenvalue weighted by molar-refractivity contribution is 0.552. The lowest BCUT2D eigenvalue weighted by atomic mass is 10.0. The molecule has 1 saturated carbocycles. The molecule has 0 bridgehead atoms. The van der Waals surface area contributed by atoms with Crippen LogP contribution in [0.3, 0.4) is 0 Å². The van der Waals surface area contributed by atoms with Crippen molar-refractivity contribution in [2.24, 2.45) is 0 Å². The summed E-state index contributed by atoms with van der Waals surface area (Å²) in [7, 11) is 2.28. The standard InChI is InChI=1S/C18H30N2/c1-4-19-14-16-11-12-18(15(2)13-16)20(3)17-9-7-5-6-8-10-17/h11-13,17,19H,4-10,14H2,1-3H3. The van der Waals surface area contributed by atoms with Gasteiger partial charge in [-0.05, 0) is 43.5 Å². The average molecular weight is 274 g/mol. The van der Waals surface area contributed by atoms with Gasteiger partial charge in [-0.2, -0.15) is 0 Å².